The highest BCUT2D eigenvalue weighted by Gasteiger charge is 2.47. The lowest BCUT2D eigenvalue weighted by atomic mass is 9.89. The van der Waals surface area contributed by atoms with E-state index in [4.69, 9.17) is 0 Å². The van der Waals surface area contributed by atoms with Crippen molar-refractivity contribution in [2.75, 3.05) is 13.1 Å². The van der Waals surface area contributed by atoms with E-state index < -0.39 is 23.6 Å². The molecular formula is C31H35F2N5O3. The van der Waals surface area contributed by atoms with Crippen LogP contribution < -0.4 is 5.32 Å². The third-order valence-electron chi connectivity index (χ3n) is 8.92. The van der Waals surface area contributed by atoms with Crippen LogP contribution >= 0.6 is 0 Å². The number of benzene rings is 1. The normalized spacial score (nSPS) is 22.1. The molecule has 1 aliphatic carbocycles. The second kappa shape index (κ2) is 10.3. The van der Waals surface area contributed by atoms with Gasteiger partial charge in [0.1, 0.15) is 11.3 Å². The van der Waals surface area contributed by atoms with Crippen molar-refractivity contribution < 1.29 is 23.2 Å². The lowest BCUT2D eigenvalue weighted by Crippen LogP contribution is -2.59. The molecule has 3 atom stereocenters. The molecule has 41 heavy (non-hydrogen) atoms. The summed E-state index contributed by atoms with van der Waals surface area (Å²) < 4.78 is 31.2. The summed E-state index contributed by atoms with van der Waals surface area (Å²) in [5, 5.41) is 3.78. The standard InChI is InChI=1S/C31H35F2N5O3/c1-16(2)38(17(3)4)30(40)23-12-20(32)6-8-25(23)37-15-24(22-9-10-34-29(33)27(22)37)28(39)19-13-36(14-19)31(41)26-18-5-7-21(11-18)35-26/h6,8-10,12,15-19,21,26,35H,5,7,11,13-14H2,1-4H3/t18-,21+,26-/m0/s1. The molecule has 4 heterocycles. The fourth-order valence-corrected chi connectivity index (χ4v) is 6.99. The number of likely N-dealkylation sites (tertiary alicyclic amines) is 1. The van der Waals surface area contributed by atoms with Crippen molar-refractivity contribution in [2.24, 2.45) is 11.8 Å². The minimum atomic E-state index is -0.804. The van der Waals surface area contributed by atoms with Crippen LogP contribution in [-0.2, 0) is 4.79 Å². The van der Waals surface area contributed by atoms with Gasteiger partial charge < -0.3 is 19.7 Å². The van der Waals surface area contributed by atoms with Gasteiger partial charge in [0.2, 0.25) is 11.9 Å². The van der Waals surface area contributed by atoms with Crippen LogP contribution in [-0.4, -0.2) is 74.2 Å². The Hall–Kier alpha value is -3.66. The predicted molar refractivity (Wildman–Crippen MR) is 150 cm³/mol. The molecule has 10 heteroatoms. The highest BCUT2D eigenvalue weighted by atomic mass is 19.1. The van der Waals surface area contributed by atoms with E-state index in [1.54, 1.807) is 15.9 Å². The number of Topliss-reactive ketones (excluding diaryl/α,β-unsaturated/α-hetero) is 1. The number of fused-ring (bicyclic) bond motifs is 3. The fraction of sp³-hybridized carbons (Fsp3) is 0.484. The topological polar surface area (TPSA) is 87.5 Å². The highest BCUT2D eigenvalue weighted by Crippen LogP contribution is 2.37. The van der Waals surface area contributed by atoms with Crippen LogP contribution in [0.15, 0.2) is 36.7 Å². The zero-order valence-corrected chi connectivity index (χ0v) is 23.7. The molecule has 3 fully saturated rings. The van der Waals surface area contributed by atoms with Crippen molar-refractivity contribution in [3.63, 3.8) is 0 Å². The molecule has 2 bridgehead atoms. The van der Waals surface area contributed by atoms with Crippen LogP contribution in [0.3, 0.4) is 0 Å². The minimum absolute atomic E-state index is 0.0376. The zero-order chi connectivity index (χ0) is 29.2. The number of piperidine rings is 1. The van der Waals surface area contributed by atoms with Crippen LogP contribution in [0, 0.1) is 23.6 Å². The quantitative estimate of drug-likeness (QED) is 0.341. The largest absolute Gasteiger partial charge is 0.340 e. The predicted octanol–water partition coefficient (Wildman–Crippen LogP) is 4.34. The molecule has 216 valence electrons. The first-order valence-electron chi connectivity index (χ1n) is 14.4. The Kier molecular flexibility index (Phi) is 6.92. The number of rotatable bonds is 7. The second-order valence-corrected chi connectivity index (χ2v) is 12.2. The molecule has 0 radical (unpaired) electrons. The van der Waals surface area contributed by atoms with E-state index in [9.17, 15) is 18.8 Å². The molecule has 1 saturated carbocycles. The number of nitrogens with zero attached hydrogens (tertiary/aromatic N) is 4. The highest BCUT2D eigenvalue weighted by molar-refractivity contribution is 6.11. The number of pyridine rings is 1. The van der Waals surface area contributed by atoms with Gasteiger partial charge in [0, 0.05) is 54.6 Å². The van der Waals surface area contributed by atoms with Crippen molar-refractivity contribution in [3.8, 4) is 5.69 Å². The molecular weight excluding hydrogens is 528 g/mol. The van der Waals surface area contributed by atoms with Crippen molar-refractivity contribution >= 4 is 28.5 Å². The third kappa shape index (κ3) is 4.62. The zero-order valence-electron chi connectivity index (χ0n) is 23.7. The number of aromatic nitrogens is 2. The summed E-state index contributed by atoms with van der Waals surface area (Å²) in [6.45, 7) is 8.13. The van der Waals surface area contributed by atoms with E-state index in [1.807, 2.05) is 27.7 Å². The van der Waals surface area contributed by atoms with Gasteiger partial charge in [-0.05, 0) is 77.1 Å². The Morgan fingerprint density at radius 3 is 2.39 bits per heavy atom. The maximum atomic E-state index is 15.3. The molecule has 1 aromatic carbocycles. The second-order valence-electron chi connectivity index (χ2n) is 12.2. The van der Waals surface area contributed by atoms with Gasteiger partial charge in [0.05, 0.1) is 23.2 Å². The van der Waals surface area contributed by atoms with Gasteiger partial charge in [0.25, 0.3) is 5.91 Å². The maximum absolute atomic E-state index is 15.3. The van der Waals surface area contributed by atoms with Gasteiger partial charge in [-0.15, -0.1) is 0 Å². The monoisotopic (exact) mass is 563 g/mol. The lowest BCUT2D eigenvalue weighted by molar-refractivity contribution is -0.139. The number of halogens is 2. The molecule has 2 aromatic heterocycles. The SMILES string of the molecule is CC(C)N(C(=O)c1cc(F)ccc1-n1cc(C(=O)C2CN(C(=O)[C@H]3N[C@@H]4CC[C@H]3C4)C2)c2ccnc(F)c21)C(C)C. The van der Waals surface area contributed by atoms with Gasteiger partial charge in [-0.3, -0.25) is 14.4 Å². The van der Waals surface area contributed by atoms with E-state index in [1.165, 1.54) is 29.1 Å². The Bertz CT molecular complexity index is 1540. The van der Waals surface area contributed by atoms with Crippen molar-refractivity contribution in [1.29, 1.82) is 0 Å². The van der Waals surface area contributed by atoms with Crippen molar-refractivity contribution in [3.05, 3.63) is 59.6 Å². The average Bonchev–Trinajstić information content (AvgIpc) is 3.62. The molecule has 2 saturated heterocycles. The van der Waals surface area contributed by atoms with Crippen LogP contribution in [0.1, 0.15) is 67.7 Å². The number of ketones is 1. The fourth-order valence-electron chi connectivity index (χ4n) is 6.99. The van der Waals surface area contributed by atoms with E-state index in [2.05, 4.69) is 10.3 Å². The molecule has 8 nitrogen and oxygen atoms in total. The Balaban J connectivity index is 1.33. The number of hydrogen-bond acceptors (Lipinski definition) is 5. The molecule has 3 aliphatic rings. The Morgan fingerprint density at radius 1 is 1.02 bits per heavy atom. The lowest BCUT2D eigenvalue weighted by Gasteiger charge is -2.41. The van der Waals surface area contributed by atoms with Gasteiger partial charge in [-0.2, -0.15) is 4.39 Å². The van der Waals surface area contributed by atoms with Crippen LogP contribution in [0.2, 0.25) is 0 Å². The summed E-state index contributed by atoms with van der Waals surface area (Å²) in [5.74, 6) is -2.00. The van der Waals surface area contributed by atoms with Gasteiger partial charge in [0.15, 0.2) is 5.78 Å². The van der Waals surface area contributed by atoms with E-state index in [0.717, 1.165) is 25.3 Å². The summed E-state index contributed by atoms with van der Waals surface area (Å²) in [4.78, 5) is 47.6. The molecule has 2 amide bonds. The summed E-state index contributed by atoms with van der Waals surface area (Å²) in [6, 6.07) is 5.29. The number of amides is 2. The molecule has 2 aliphatic heterocycles. The van der Waals surface area contributed by atoms with Gasteiger partial charge in [-0.1, -0.05) is 0 Å². The van der Waals surface area contributed by atoms with Crippen molar-refractivity contribution in [1.82, 2.24) is 24.7 Å². The van der Waals surface area contributed by atoms with E-state index >= 15 is 4.39 Å². The maximum Gasteiger partial charge on any atom is 0.256 e. The first-order valence-corrected chi connectivity index (χ1v) is 14.4. The van der Waals surface area contributed by atoms with Crippen LogP contribution in [0.5, 0.6) is 0 Å². The number of nitrogens with one attached hydrogen (secondary N) is 1. The third-order valence-corrected chi connectivity index (χ3v) is 8.92. The molecule has 3 aromatic rings. The molecule has 6 rings (SSSR count). The summed E-state index contributed by atoms with van der Waals surface area (Å²) in [5.41, 5.74) is 0.635. The number of hydrogen-bond donors (Lipinski definition) is 1. The number of carbonyl (C=O) groups is 3. The molecule has 1 N–H and O–H groups in total. The van der Waals surface area contributed by atoms with Crippen molar-refractivity contribution in [2.45, 2.75) is 71.1 Å². The van der Waals surface area contributed by atoms with Gasteiger partial charge in [-0.25, -0.2) is 9.37 Å². The number of carbonyl (C=O) groups excluding carboxylic acids is 3. The van der Waals surface area contributed by atoms with Crippen LogP contribution in [0.25, 0.3) is 16.6 Å². The smallest absolute Gasteiger partial charge is 0.256 e. The summed E-state index contributed by atoms with van der Waals surface area (Å²) in [6.07, 6.45) is 6.01. The molecule has 0 unspecified atom stereocenters. The van der Waals surface area contributed by atoms with E-state index in [-0.39, 0.29) is 52.1 Å². The minimum Gasteiger partial charge on any atom is -0.340 e. The van der Waals surface area contributed by atoms with E-state index in [0.29, 0.717) is 30.4 Å². The average molecular weight is 564 g/mol. The van der Waals surface area contributed by atoms with Crippen LogP contribution in [0.4, 0.5) is 8.78 Å². The summed E-state index contributed by atoms with van der Waals surface area (Å²) in [7, 11) is 0. The summed E-state index contributed by atoms with van der Waals surface area (Å²) >= 11 is 0. The van der Waals surface area contributed by atoms with Gasteiger partial charge >= 0.3 is 0 Å². The first-order chi connectivity index (χ1) is 19.5. The first kappa shape index (κ1) is 27.5. The Morgan fingerprint density at radius 2 is 1.76 bits per heavy atom. The molecule has 0 spiro atoms. The Labute approximate surface area is 237 Å².